The fourth-order valence-corrected chi connectivity index (χ4v) is 1.71. The molecule has 0 spiro atoms. The van der Waals surface area contributed by atoms with E-state index in [-0.39, 0.29) is 7.43 Å². The Hall–Kier alpha value is -1.76. The zero-order chi connectivity index (χ0) is 16.8. The highest BCUT2D eigenvalue weighted by Crippen LogP contribution is 2.13. The zero-order valence-electron chi connectivity index (χ0n) is 15.1. The molecule has 2 N–H and O–H groups in total. The molecule has 0 aliphatic rings. The Bertz CT molecular complexity index is 450. The van der Waals surface area contributed by atoms with Crippen LogP contribution in [0.3, 0.4) is 0 Å². The molecule has 0 unspecified atom stereocenters. The number of hydrogen-bond donors (Lipinski definition) is 1. The van der Waals surface area contributed by atoms with Gasteiger partial charge in [-0.1, -0.05) is 71.0 Å². The summed E-state index contributed by atoms with van der Waals surface area (Å²) in [5, 5.41) is 0. The first-order valence-corrected chi connectivity index (χ1v) is 7.85. The summed E-state index contributed by atoms with van der Waals surface area (Å²) in [7, 11) is 0. The summed E-state index contributed by atoms with van der Waals surface area (Å²) in [4.78, 5) is 0. The summed E-state index contributed by atoms with van der Waals surface area (Å²) in [5.41, 5.74) is 11.8. The van der Waals surface area contributed by atoms with Crippen molar-refractivity contribution >= 4 is 5.69 Å². The molecule has 0 saturated heterocycles. The van der Waals surface area contributed by atoms with Crippen molar-refractivity contribution in [1.82, 2.24) is 0 Å². The summed E-state index contributed by atoms with van der Waals surface area (Å²) < 4.78 is 0. The third-order valence-corrected chi connectivity index (χ3v) is 2.87. The minimum atomic E-state index is 0. The molecule has 2 aromatic rings. The molecule has 0 fully saturated rings. The summed E-state index contributed by atoms with van der Waals surface area (Å²) in [5.74, 6) is 0. The first-order chi connectivity index (χ1) is 10.0. The number of anilines is 1. The Morgan fingerprint density at radius 2 is 1.05 bits per heavy atom. The number of benzene rings is 2. The number of aryl methyl sites for hydroxylation is 3. The fraction of sp³-hybridized carbons (Fsp3) is 0.429. The number of nitrogen functional groups attached to an aromatic ring is 1. The van der Waals surface area contributed by atoms with Crippen LogP contribution in [0.2, 0.25) is 0 Å². The van der Waals surface area contributed by atoms with Crippen LogP contribution in [0.15, 0.2) is 42.5 Å². The van der Waals surface area contributed by atoms with E-state index in [1.54, 1.807) is 0 Å². The van der Waals surface area contributed by atoms with Crippen LogP contribution in [-0.4, -0.2) is 0 Å². The van der Waals surface area contributed by atoms with E-state index in [1.807, 2.05) is 58.0 Å². The molecule has 0 aliphatic heterocycles. The summed E-state index contributed by atoms with van der Waals surface area (Å²) in [6, 6.07) is 13.9. The number of nitrogens with two attached hydrogens (primary N) is 1. The van der Waals surface area contributed by atoms with E-state index < -0.39 is 0 Å². The van der Waals surface area contributed by atoms with Crippen molar-refractivity contribution in [2.45, 2.75) is 62.8 Å². The predicted molar refractivity (Wildman–Crippen MR) is 106 cm³/mol. The summed E-state index contributed by atoms with van der Waals surface area (Å²) >= 11 is 0. The number of para-hydroxylation sites is 1. The van der Waals surface area contributed by atoms with Gasteiger partial charge in [-0.05, 0) is 56.5 Å². The molecule has 22 heavy (non-hydrogen) atoms. The largest absolute Gasteiger partial charge is 0.399 e. The molecule has 1 nitrogen and oxygen atoms in total. The quantitative estimate of drug-likeness (QED) is 0.527. The predicted octanol–water partition coefficient (Wildman–Crippen LogP) is 6.88. The monoisotopic (exact) mass is 303 g/mol. The van der Waals surface area contributed by atoms with Gasteiger partial charge in [-0.2, -0.15) is 0 Å². The minimum absolute atomic E-state index is 0. The van der Waals surface area contributed by atoms with E-state index in [0.717, 1.165) is 5.69 Å². The van der Waals surface area contributed by atoms with Crippen molar-refractivity contribution in [3.05, 3.63) is 64.7 Å². The third kappa shape index (κ3) is 11.0. The molecular weight excluding hydrogens is 266 g/mol. The van der Waals surface area contributed by atoms with Crippen molar-refractivity contribution in [2.24, 2.45) is 0 Å². The molecule has 126 valence electrons. The first-order valence-electron chi connectivity index (χ1n) is 7.85. The second-order valence-corrected chi connectivity index (χ2v) is 4.43. The average Bonchev–Trinajstić information content (AvgIpc) is 2.50. The number of rotatable bonds is 0. The molecular formula is C21H37N. The Labute approximate surface area is 139 Å². The highest BCUT2D eigenvalue weighted by Gasteiger charge is 1.95. The van der Waals surface area contributed by atoms with Crippen molar-refractivity contribution in [3.8, 4) is 0 Å². The highest BCUT2D eigenvalue weighted by atomic mass is 14.5. The molecule has 0 atom stereocenters. The minimum Gasteiger partial charge on any atom is -0.399 e. The Kier molecular flexibility index (Phi) is 17.9. The molecule has 0 aliphatic carbocycles. The van der Waals surface area contributed by atoms with Crippen LogP contribution in [0, 0.1) is 27.7 Å². The van der Waals surface area contributed by atoms with Gasteiger partial charge in [0.15, 0.2) is 0 Å². The zero-order valence-corrected chi connectivity index (χ0v) is 15.1. The van der Waals surface area contributed by atoms with E-state index >= 15 is 0 Å². The molecule has 2 aromatic carbocycles. The van der Waals surface area contributed by atoms with Gasteiger partial charge >= 0.3 is 0 Å². The second-order valence-electron chi connectivity index (χ2n) is 4.43. The topological polar surface area (TPSA) is 26.0 Å². The van der Waals surface area contributed by atoms with Gasteiger partial charge in [0, 0.05) is 5.69 Å². The van der Waals surface area contributed by atoms with Crippen LogP contribution in [0.25, 0.3) is 0 Å². The number of hydrogen-bond acceptors (Lipinski definition) is 1. The maximum absolute atomic E-state index is 5.36. The second kappa shape index (κ2) is 15.6. The van der Waals surface area contributed by atoms with Crippen molar-refractivity contribution in [3.63, 3.8) is 0 Å². The Morgan fingerprint density at radius 1 is 0.682 bits per heavy atom. The van der Waals surface area contributed by atoms with Gasteiger partial charge in [0.1, 0.15) is 0 Å². The lowest BCUT2D eigenvalue weighted by Gasteiger charge is -2.04. The first kappa shape index (κ1) is 25.2. The van der Waals surface area contributed by atoms with Crippen LogP contribution < -0.4 is 5.73 Å². The lowest BCUT2D eigenvalue weighted by molar-refractivity contribution is 1.23. The van der Waals surface area contributed by atoms with E-state index in [1.165, 1.54) is 22.3 Å². The lowest BCUT2D eigenvalue weighted by Crippen LogP contribution is -1.86. The standard InChI is InChI=1S/C10H14.C6H7N.2C2H6.CH4/c1-7-5-8(2)10(4)9(3)6-7;7-6-4-2-1-3-5-6;2*1-2;/h5-6H,1-4H3;1-5H,7H2;2*1-2H3;1H4. The summed E-state index contributed by atoms with van der Waals surface area (Å²) in [6.07, 6.45) is 0. The van der Waals surface area contributed by atoms with Crippen LogP contribution in [-0.2, 0) is 0 Å². The molecule has 0 aromatic heterocycles. The molecule has 0 saturated carbocycles. The van der Waals surface area contributed by atoms with E-state index in [9.17, 15) is 0 Å². The van der Waals surface area contributed by atoms with E-state index in [2.05, 4.69) is 39.8 Å². The fourth-order valence-electron chi connectivity index (χ4n) is 1.71. The normalized spacial score (nSPS) is 7.82. The van der Waals surface area contributed by atoms with Gasteiger partial charge < -0.3 is 5.73 Å². The van der Waals surface area contributed by atoms with Crippen LogP contribution >= 0.6 is 0 Å². The Balaban J connectivity index is -0.000000266. The Morgan fingerprint density at radius 3 is 1.32 bits per heavy atom. The van der Waals surface area contributed by atoms with Gasteiger partial charge in [-0.25, -0.2) is 0 Å². The summed E-state index contributed by atoms with van der Waals surface area (Å²) in [6.45, 7) is 16.6. The average molecular weight is 304 g/mol. The van der Waals surface area contributed by atoms with Gasteiger partial charge in [-0.3, -0.25) is 0 Å². The van der Waals surface area contributed by atoms with Gasteiger partial charge in [0.25, 0.3) is 0 Å². The highest BCUT2D eigenvalue weighted by molar-refractivity contribution is 5.36. The lowest BCUT2D eigenvalue weighted by atomic mass is 10.0. The molecule has 1 heteroatoms. The molecule has 2 rings (SSSR count). The van der Waals surface area contributed by atoms with Crippen molar-refractivity contribution in [1.29, 1.82) is 0 Å². The smallest absolute Gasteiger partial charge is 0.0313 e. The molecule has 0 radical (unpaired) electrons. The van der Waals surface area contributed by atoms with E-state index in [0.29, 0.717) is 0 Å². The van der Waals surface area contributed by atoms with Gasteiger partial charge in [0.2, 0.25) is 0 Å². The third-order valence-electron chi connectivity index (χ3n) is 2.87. The van der Waals surface area contributed by atoms with E-state index in [4.69, 9.17) is 5.73 Å². The maximum atomic E-state index is 5.36. The van der Waals surface area contributed by atoms with Crippen LogP contribution in [0.1, 0.15) is 57.4 Å². The van der Waals surface area contributed by atoms with Crippen molar-refractivity contribution in [2.75, 3.05) is 5.73 Å². The molecule has 0 amide bonds. The maximum Gasteiger partial charge on any atom is 0.0313 e. The SMILES string of the molecule is C.CC.CC.Cc1cc(C)c(C)c(C)c1.Nc1ccccc1. The van der Waals surface area contributed by atoms with Crippen LogP contribution in [0.5, 0.6) is 0 Å². The van der Waals surface area contributed by atoms with Gasteiger partial charge in [0.05, 0.1) is 0 Å². The molecule has 0 bridgehead atoms. The van der Waals surface area contributed by atoms with Crippen LogP contribution in [0.4, 0.5) is 5.69 Å². The van der Waals surface area contributed by atoms with Gasteiger partial charge in [-0.15, -0.1) is 0 Å². The van der Waals surface area contributed by atoms with Crippen molar-refractivity contribution < 1.29 is 0 Å². The molecule has 0 heterocycles.